The van der Waals surface area contributed by atoms with E-state index in [1.54, 1.807) is 17.3 Å². The van der Waals surface area contributed by atoms with Gasteiger partial charge in [0.25, 0.3) is 0 Å². The van der Waals surface area contributed by atoms with Crippen LogP contribution in [0.25, 0.3) is 0 Å². The highest BCUT2D eigenvalue weighted by Crippen LogP contribution is 2.51. The quantitative estimate of drug-likeness (QED) is 0.516. The summed E-state index contributed by atoms with van der Waals surface area (Å²) < 4.78 is 6.13. The average Bonchev–Trinajstić information content (AvgIpc) is 3.66. The summed E-state index contributed by atoms with van der Waals surface area (Å²) in [6.07, 6.45) is 6.63. The number of guanidine groups is 1. The highest BCUT2D eigenvalue weighted by atomic mass is 16.5. The second-order valence-electron chi connectivity index (χ2n) is 11.3. The molecule has 0 spiro atoms. The highest BCUT2D eigenvalue weighted by Gasteiger charge is 2.54. The number of carbonyl (C=O) groups excluding carboxylic acids is 2. The van der Waals surface area contributed by atoms with Gasteiger partial charge in [-0.2, -0.15) is 0 Å². The van der Waals surface area contributed by atoms with E-state index in [2.05, 4.69) is 15.6 Å². The molecule has 8 heteroatoms. The third-order valence-corrected chi connectivity index (χ3v) is 8.32. The van der Waals surface area contributed by atoms with Gasteiger partial charge in [0.2, 0.25) is 11.8 Å². The molecule has 4 atom stereocenters. The normalized spacial score (nSPS) is 26.4. The topological polar surface area (TPSA) is 107 Å². The summed E-state index contributed by atoms with van der Waals surface area (Å²) in [7, 11) is 0. The summed E-state index contributed by atoms with van der Waals surface area (Å²) >= 11 is 0. The summed E-state index contributed by atoms with van der Waals surface area (Å²) in [5.74, 6) is 0.491. The van der Waals surface area contributed by atoms with E-state index in [4.69, 9.17) is 10.1 Å². The van der Waals surface area contributed by atoms with Crippen LogP contribution in [0.4, 0.5) is 0 Å². The molecule has 1 saturated heterocycles. The van der Waals surface area contributed by atoms with Crippen LogP contribution in [0.15, 0.2) is 48.8 Å². The smallest absolute Gasteiger partial charge is 0.232 e. The van der Waals surface area contributed by atoms with Gasteiger partial charge in [0, 0.05) is 35.8 Å². The molecule has 2 aliphatic heterocycles. The number of pyridine rings is 1. The van der Waals surface area contributed by atoms with Crippen LogP contribution >= 0.6 is 0 Å². The standard InChI is InChI=1S/C29H37N5O3/c1-5-29(6-2)16-24(35)34(27(30)33-29)25(18-10-9-13-31-17-18)20-14-21(20)26(36)32-22-15-28(3,4)37-23-12-8-7-11-19(22)23/h7-13,17,20-22,25H,5-6,14-16H2,1-4H3,(H2,30,33)(H,32,36)/t20-,21-,22+,25-/m1/s1. The van der Waals surface area contributed by atoms with Gasteiger partial charge in [0.05, 0.1) is 18.5 Å². The molecule has 1 aromatic carbocycles. The van der Waals surface area contributed by atoms with Gasteiger partial charge in [-0.15, -0.1) is 0 Å². The van der Waals surface area contributed by atoms with Crippen molar-refractivity contribution in [2.24, 2.45) is 11.8 Å². The second-order valence-corrected chi connectivity index (χ2v) is 11.3. The number of aromatic nitrogens is 1. The Labute approximate surface area is 218 Å². The first-order valence-electron chi connectivity index (χ1n) is 13.3. The van der Waals surface area contributed by atoms with Crippen molar-refractivity contribution in [2.45, 2.75) is 83.0 Å². The van der Waals surface area contributed by atoms with Crippen molar-refractivity contribution in [3.8, 4) is 5.75 Å². The predicted octanol–water partition coefficient (Wildman–Crippen LogP) is 4.49. The summed E-state index contributed by atoms with van der Waals surface area (Å²) in [6, 6.07) is 11.1. The van der Waals surface area contributed by atoms with Crippen LogP contribution in [0.2, 0.25) is 0 Å². The van der Waals surface area contributed by atoms with Crippen LogP contribution in [0, 0.1) is 17.2 Å². The van der Waals surface area contributed by atoms with Crippen molar-refractivity contribution in [2.75, 3.05) is 0 Å². The number of nitrogens with one attached hydrogen (secondary N) is 3. The van der Waals surface area contributed by atoms with E-state index in [0.29, 0.717) is 19.3 Å². The third-order valence-electron chi connectivity index (χ3n) is 8.32. The number of fused-ring (bicyclic) bond motifs is 1. The lowest BCUT2D eigenvalue weighted by Gasteiger charge is -2.45. The lowest BCUT2D eigenvalue weighted by Crippen LogP contribution is -2.62. The molecule has 3 N–H and O–H groups in total. The Hall–Kier alpha value is -3.42. The number of rotatable bonds is 7. The Morgan fingerprint density at radius 1 is 1.24 bits per heavy atom. The Balaban J connectivity index is 1.37. The molecule has 0 radical (unpaired) electrons. The van der Waals surface area contributed by atoms with E-state index in [1.807, 2.05) is 64.1 Å². The molecule has 2 fully saturated rings. The Bertz CT molecular complexity index is 1170. The van der Waals surface area contributed by atoms with E-state index in [1.165, 1.54) is 0 Å². The molecular weight excluding hydrogens is 466 g/mol. The van der Waals surface area contributed by atoms with Crippen LogP contribution in [-0.4, -0.2) is 38.8 Å². The number of nitrogens with zero attached hydrogens (tertiary/aromatic N) is 2. The van der Waals surface area contributed by atoms with Crippen molar-refractivity contribution in [3.05, 3.63) is 59.9 Å². The van der Waals surface area contributed by atoms with Crippen LogP contribution in [-0.2, 0) is 9.59 Å². The minimum Gasteiger partial charge on any atom is -0.487 e. The fourth-order valence-corrected chi connectivity index (χ4v) is 6.04. The van der Waals surface area contributed by atoms with E-state index in [9.17, 15) is 9.59 Å². The number of hydrogen-bond acceptors (Lipinski definition) is 5. The van der Waals surface area contributed by atoms with Crippen molar-refractivity contribution in [1.82, 2.24) is 20.5 Å². The minimum atomic E-state index is -0.415. The predicted molar refractivity (Wildman–Crippen MR) is 141 cm³/mol. The minimum absolute atomic E-state index is 0.0168. The van der Waals surface area contributed by atoms with Gasteiger partial charge in [-0.3, -0.25) is 24.9 Å². The maximum atomic E-state index is 13.5. The van der Waals surface area contributed by atoms with Crippen LogP contribution in [0.3, 0.4) is 0 Å². The van der Waals surface area contributed by atoms with Crippen molar-refractivity contribution in [3.63, 3.8) is 0 Å². The first-order valence-corrected chi connectivity index (χ1v) is 13.3. The van der Waals surface area contributed by atoms with Gasteiger partial charge in [-0.25, -0.2) is 0 Å². The molecule has 37 heavy (non-hydrogen) atoms. The van der Waals surface area contributed by atoms with E-state index >= 15 is 0 Å². The van der Waals surface area contributed by atoms with Crippen molar-refractivity contribution < 1.29 is 14.3 Å². The lowest BCUT2D eigenvalue weighted by atomic mass is 9.85. The molecule has 2 amide bonds. The van der Waals surface area contributed by atoms with Gasteiger partial charge in [-0.1, -0.05) is 38.1 Å². The second kappa shape index (κ2) is 9.47. The fraction of sp³-hybridized carbons (Fsp3) is 0.517. The van der Waals surface area contributed by atoms with E-state index in [-0.39, 0.29) is 41.3 Å². The zero-order valence-electron chi connectivity index (χ0n) is 22.1. The maximum absolute atomic E-state index is 13.5. The van der Waals surface area contributed by atoms with Gasteiger partial charge < -0.3 is 15.4 Å². The number of hydrogen-bond donors (Lipinski definition) is 3. The third kappa shape index (κ3) is 4.81. The number of amides is 2. The van der Waals surface area contributed by atoms with Gasteiger partial charge in [-0.05, 0) is 56.7 Å². The molecular formula is C29H37N5O3. The first-order chi connectivity index (χ1) is 17.7. The summed E-state index contributed by atoms with van der Waals surface area (Å²) in [5.41, 5.74) is 1.05. The molecule has 196 valence electrons. The van der Waals surface area contributed by atoms with Crippen LogP contribution in [0.1, 0.15) is 83.0 Å². The monoisotopic (exact) mass is 503 g/mol. The zero-order chi connectivity index (χ0) is 26.4. The molecule has 8 nitrogen and oxygen atoms in total. The maximum Gasteiger partial charge on any atom is 0.232 e. The van der Waals surface area contributed by atoms with Gasteiger partial charge >= 0.3 is 0 Å². The van der Waals surface area contributed by atoms with Crippen molar-refractivity contribution in [1.29, 1.82) is 5.41 Å². The fourth-order valence-electron chi connectivity index (χ4n) is 6.04. The number of ether oxygens (including phenoxy) is 1. The molecule has 3 aliphatic rings. The highest BCUT2D eigenvalue weighted by molar-refractivity contribution is 6.00. The summed E-state index contributed by atoms with van der Waals surface area (Å²) in [6.45, 7) is 8.16. The number of para-hydroxylation sites is 1. The van der Waals surface area contributed by atoms with Crippen LogP contribution in [0.5, 0.6) is 5.75 Å². The van der Waals surface area contributed by atoms with Gasteiger partial charge in [0.1, 0.15) is 11.4 Å². The lowest BCUT2D eigenvalue weighted by molar-refractivity contribution is -0.134. The molecule has 5 rings (SSSR count). The average molecular weight is 504 g/mol. The molecule has 1 aliphatic carbocycles. The number of benzene rings is 1. The van der Waals surface area contributed by atoms with E-state index in [0.717, 1.165) is 29.7 Å². The molecule has 3 heterocycles. The largest absolute Gasteiger partial charge is 0.487 e. The van der Waals surface area contributed by atoms with E-state index < -0.39 is 11.6 Å². The Morgan fingerprint density at radius 3 is 2.68 bits per heavy atom. The Morgan fingerprint density at radius 2 is 2.00 bits per heavy atom. The van der Waals surface area contributed by atoms with Gasteiger partial charge in [0.15, 0.2) is 5.96 Å². The van der Waals surface area contributed by atoms with Crippen LogP contribution < -0.4 is 15.4 Å². The molecule has 1 aromatic heterocycles. The van der Waals surface area contributed by atoms with Crippen molar-refractivity contribution >= 4 is 17.8 Å². The molecule has 0 unspecified atom stereocenters. The molecule has 2 aromatic rings. The number of carbonyl (C=O) groups is 2. The zero-order valence-corrected chi connectivity index (χ0v) is 22.1. The molecule has 0 bridgehead atoms. The summed E-state index contributed by atoms with van der Waals surface area (Å²) in [4.78, 5) is 32.9. The SMILES string of the molecule is CCC1(CC)CC(=O)N([C@H](c2cccnc2)[C@@H]2C[C@H]2C(=O)N[C@H]2CC(C)(C)Oc3ccccc32)C(=N)N1. The Kier molecular flexibility index (Phi) is 6.46. The molecule has 1 saturated carbocycles. The summed E-state index contributed by atoms with van der Waals surface area (Å²) in [5, 5.41) is 15.4. The first kappa shape index (κ1) is 25.2.